The minimum absolute atomic E-state index is 0.296. The first-order chi connectivity index (χ1) is 16.5. The Bertz CT molecular complexity index is 1200. The average molecular weight is 467 g/mol. The topological polar surface area (TPSA) is 68.0 Å². The molecule has 1 unspecified atom stereocenters. The molecule has 0 spiro atoms. The summed E-state index contributed by atoms with van der Waals surface area (Å²) in [5, 5.41) is 15.0. The number of benzene rings is 2. The zero-order chi connectivity index (χ0) is 23.7. The van der Waals surface area contributed by atoms with Crippen LogP contribution in [0.25, 0.3) is 16.5 Å². The summed E-state index contributed by atoms with van der Waals surface area (Å²) in [6.45, 7) is 7.69. The van der Waals surface area contributed by atoms with Crippen molar-refractivity contribution in [1.29, 1.82) is 0 Å². The number of aliphatic hydroxyl groups excluding tert-OH is 1. The molecule has 0 saturated carbocycles. The molecular formula is C27H31FN2O4. The van der Waals surface area contributed by atoms with Gasteiger partial charge in [-0.3, -0.25) is 0 Å². The maximum Gasteiger partial charge on any atom is 0.217 e. The van der Waals surface area contributed by atoms with Gasteiger partial charge in [0.15, 0.2) is 5.58 Å². The number of unbranched alkanes of at least 4 members (excludes halogenated alkanes) is 1. The van der Waals surface area contributed by atoms with Gasteiger partial charge in [-0.05, 0) is 95.1 Å². The van der Waals surface area contributed by atoms with Gasteiger partial charge in [0.05, 0.1) is 12.3 Å². The maximum atomic E-state index is 13.4. The highest BCUT2D eigenvalue weighted by Crippen LogP contribution is 2.38. The number of piperidine rings is 1. The highest BCUT2D eigenvalue weighted by atomic mass is 19.1. The summed E-state index contributed by atoms with van der Waals surface area (Å²) in [6.07, 6.45) is 4.90. The fourth-order valence-corrected chi connectivity index (χ4v) is 5.03. The van der Waals surface area contributed by atoms with E-state index in [9.17, 15) is 9.50 Å². The summed E-state index contributed by atoms with van der Waals surface area (Å²) in [5.74, 6) is 1.58. The van der Waals surface area contributed by atoms with Gasteiger partial charge in [0.25, 0.3) is 0 Å². The third-order valence-corrected chi connectivity index (χ3v) is 6.97. The van der Waals surface area contributed by atoms with Gasteiger partial charge in [-0.25, -0.2) is 4.39 Å². The fourth-order valence-electron chi connectivity index (χ4n) is 5.03. The number of hydrogen-bond donors (Lipinski definition) is 1. The molecule has 1 fully saturated rings. The lowest BCUT2D eigenvalue weighted by molar-refractivity contribution is 0.0217. The van der Waals surface area contributed by atoms with Crippen molar-refractivity contribution in [1.82, 2.24) is 10.1 Å². The molecule has 0 bridgehead atoms. The fraction of sp³-hybridized carbons (Fsp3) is 0.444. The van der Waals surface area contributed by atoms with Crippen molar-refractivity contribution in [3.8, 4) is 11.5 Å². The average Bonchev–Trinajstić information content (AvgIpc) is 3.24. The van der Waals surface area contributed by atoms with Crippen molar-refractivity contribution < 1.29 is 23.5 Å². The normalized spacial score (nSPS) is 19.1. The molecule has 0 radical (unpaired) electrons. The number of ether oxygens (including phenoxy) is 2. The molecule has 2 aliphatic heterocycles. The molecule has 3 heterocycles. The van der Waals surface area contributed by atoms with E-state index in [0.29, 0.717) is 23.9 Å². The minimum Gasteiger partial charge on any atom is -0.493 e. The number of aromatic nitrogens is 1. The van der Waals surface area contributed by atoms with Gasteiger partial charge in [0.1, 0.15) is 17.3 Å². The number of fused-ring (bicyclic) bond motifs is 2. The molecule has 1 N–H and O–H groups in total. The molecule has 2 aliphatic rings. The van der Waals surface area contributed by atoms with Gasteiger partial charge in [0.2, 0.25) is 6.29 Å². The third-order valence-electron chi connectivity index (χ3n) is 6.97. The second-order valence-electron chi connectivity index (χ2n) is 9.30. The minimum atomic E-state index is -0.906. The van der Waals surface area contributed by atoms with Crippen molar-refractivity contribution in [2.24, 2.45) is 0 Å². The Morgan fingerprint density at radius 2 is 1.97 bits per heavy atom. The number of hydrogen-bond acceptors (Lipinski definition) is 6. The van der Waals surface area contributed by atoms with Crippen LogP contribution in [0.2, 0.25) is 0 Å². The zero-order valence-corrected chi connectivity index (χ0v) is 19.7. The van der Waals surface area contributed by atoms with Crippen LogP contribution in [-0.2, 0) is 0 Å². The highest BCUT2D eigenvalue weighted by molar-refractivity contribution is 5.80. The van der Waals surface area contributed by atoms with E-state index in [4.69, 9.17) is 14.0 Å². The van der Waals surface area contributed by atoms with E-state index in [1.807, 2.05) is 26.0 Å². The predicted octanol–water partition coefficient (Wildman–Crippen LogP) is 5.43. The van der Waals surface area contributed by atoms with Crippen LogP contribution in [0.5, 0.6) is 11.5 Å². The van der Waals surface area contributed by atoms with Crippen molar-refractivity contribution in [3.05, 3.63) is 59.0 Å². The Balaban J connectivity index is 1.06. The quantitative estimate of drug-likeness (QED) is 0.469. The smallest absolute Gasteiger partial charge is 0.217 e. The first-order valence-electron chi connectivity index (χ1n) is 12.1. The molecule has 1 atom stereocenters. The van der Waals surface area contributed by atoms with Gasteiger partial charge in [-0.15, -0.1) is 0 Å². The van der Waals surface area contributed by atoms with Crippen molar-refractivity contribution >= 4 is 16.5 Å². The SMILES string of the molecule is CC1=CC(O)Oc2c1ccc(OCCCCN1CCC(c3noc4cc(F)ccc34)CC1)c2C. The highest BCUT2D eigenvalue weighted by Gasteiger charge is 2.25. The zero-order valence-electron chi connectivity index (χ0n) is 19.7. The van der Waals surface area contributed by atoms with E-state index in [2.05, 4.69) is 10.1 Å². The van der Waals surface area contributed by atoms with Gasteiger partial charge in [-0.1, -0.05) is 5.16 Å². The van der Waals surface area contributed by atoms with E-state index in [-0.39, 0.29) is 5.82 Å². The van der Waals surface area contributed by atoms with Crippen LogP contribution < -0.4 is 9.47 Å². The third kappa shape index (κ3) is 4.68. The Morgan fingerprint density at radius 3 is 2.79 bits per heavy atom. The number of allylic oxidation sites excluding steroid dienone is 1. The van der Waals surface area contributed by atoms with Gasteiger partial charge in [-0.2, -0.15) is 0 Å². The molecule has 3 aromatic rings. The van der Waals surface area contributed by atoms with E-state index in [1.165, 1.54) is 12.1 Å². The van der Waals surface area contributed by atoms with E-state index in [0.717, 1.165) is 78.8 Å². The second-order valence-corrected chi connectivity index (χ2v) is 9.30. The van der Waals surface area contributed by atoms with Gasteiger partial charge < -0.3 is 24.0 Å². The van der Waals surface area contributed by atoms with Crippen LogP contribution in [0, 0.1) is 12.7 Å². The monoisotopic (exact) mass is 466 g/mol. The molecule has 7 heteroatoms. The Hall–Kier alpha value is -2.90. The molecule has 180 valence electrons. The van der Waals surface area contributed by atoms with Gasteiger partial charge in [0, 0.05) is 28.5 Å². The molecule has 1 saturated heterocycles. The standard InChI is InChI=1S/C27H31FN2O4/c1-17-15-25(31)33-27-18(2)23(8-7-21(17)27)32-14-4-3-11-30-12-9-19(10-13-30)26-22-6-5-20(28)16-24(22)34-29-26/h5-8,15-16,19,25,31H,3-4,9-14H2,1-2H3. The number of aliphatic hydroxyl groups is 1. The van der Waals surface area contributed by atoms with Gasteiger partial charge >= 0.3 is 0 Å². The lowest BCUT2D eigenvalue weighted by Gasteiger charge is -2.31. The number of likely N-dealkylation sites (tertiary alicyclic amines) is 1. The summed E-state index contributed by atoms with van der Waals surface area (Å²) in [5.41, 5.74) is 4.43. The first kappa shape index (κ1) is 22.9. The summed E-state index contributed by atoms with van der Waals surface area (Å²) >= 11 is 0. The Labute approximate surface area is 198 Å². The molecule has 0 aliphatic carbocycles. The summed E-state index contributed by atoms with van der Waals surface area (Å²) in [6, 6.07) is 8.64. The lowest BCUT2D eigenvalue weighted by Crippen LogP contribution is -2.34. The predicted molar refractivity (Wildman–Crippen MR) is 129 cm³/mol. The molecule has 2 aromatic carbocycles. The van der Waals surface area contributed by atoms with E-state index in [1.54, 1.807) is 12.1 Å². The van der Waals surface area contributed by atoms with Crippen molar-refractivity contribution in [3.63, 3.8) is 0 Å². The maximum absolute atomic E-state index is 13.4. The molecular weight excluding hydrogens is 435 g/mol. The second kappa shape index (κ2) is 9.76. The van der Waals surface area contributed by atoms with E-state index >= 15 is 0 Å². The van der Waals surface area contributed by atoms with Crippen LogP contribution in [0.4, 0.5) is 4.39 Å². The van der Waals surface area contributed by atoms with Crippen molar-refractivity contribution in [2.45, 2.75) is 51.7 Å². The van der Waals surface area contributed by atoms with Crippen LogP contribution >= 0.6 is 0 Å². The van der Waals surface area contributed by atoms with Crippen LogP contribution in [-0.4, -0.2) is 47.7 Å². The Morgan fingerprint density at radius 1 is 1.15 bits per heavy atom. The lowest BCUT2D eigenvalue weighted by atomic mass is 9.91. The molecule has 6 nitrogen and oxygen atoms in total. The van der Waals surface area contributed by atoms with Crippen LogP contribution in [0.3, 0.4) is 0 Å². The summed E-state index contributed by atoms with van der Waals surface area (Å²) in [7, 11) is 0. The number of nitrogens with zero attached hydrogens (tertiary/aromatic N) is 2. The number of rotatable bonds is 7. The van der Waals surface area contributed by atoms with Crippen LogP contribution in [0.1, 0.15) is 55.3 Å². The van der Waals surface area contributed by atoms with E-state index < -0.39 is 6.29 Å². The molecule has 0 amide bonds. The van der Waals surface area contributed by atoms with Crippen molar-refractivity contribution in [2.75, 3.05) is 26.2 Å². The molecule has 1 aromatic heterocycles. The number of halogens is 1. The largest absolute Gasteiger partial charge is 0.493 e. The first-order valence-corrected chi connectivity index (χ1v) is 12.1. The summed E-state index contributed by atoms with van der Waals surface area (Å²) in [4.78, 5) is 2.49. The Kier molecular flexibility index (Phi) is 6.57. The molecule has 34 heavy (non-hydrogen) atoms. The van der Waals surface area contributed by atoms with Crippen LogP contribution in [0.15, 0.2) is 40.9 Å². The molecule has 5 rings (SSSR count). The summed E-state index contributed by atoms with van der Waals surface area (Å²) < 4.78 is 30.4.